The van der Waals surface area contributed by atoms with Crippen LogP contribution >= 0.6 is 11.6 Å². The van der Waals surface area contributed by atoms with Gasteiger partial charge in [0, 0.05) is 6.54 Å². The predicted molar refractivity (Wildman–Crippen MR) is 73.3 cm³/mol. The van der Waals surface area contributed by atoms with Crippen LogP contribution in [0.5, 0.6) is 0 Å². The molecular formula is C13H16ClN3O. The number of amidine groups is 1. The molecule has 1 aliphatic rings. The number of nitrogens with two attached hydrogens (primary N) is 1. The second-order valence-electron chi connectivity index (χ2n) is 4.86. The van der Waals surface area contributed by atoms with Crippen LogP contribution in [0.25, 0.3) is 0 Å². The highest BCUT2D eigenvalue weighted by Crippen LogP contribution is 2.37. The number of carbonyl (C=O) groups excluding carboxylic acids is 1. The van der Waals surface area contributed by atoms with Crippen LogP contribution in [0.2, 0.25) is 0 Å². The Morgan fingerprint density at radius 3 is 2.94 bits per heavy atom. The van der Waals surface area contributed by atoms with Gasteiger partial charge < -0.3 is 11.1 Å². The van der Waals surface area contributed by atoms with Crippen LogP contribution in [0.1, 0.15) is 25.0 Å². The average Bonchev–Trinajstić information content (AvgIpc) is 2.34. The second-order valence-corrected chi connectivity index (χ2v) is 5.12. The lowest BCUT2D eigenvalue weighted by atomic mass is 9.77. The van der Waals surface area contributed by atoms with E-state index < -0.39 is 5.41 Å². The Hall–Kier alpha value is -1.55. The van der Waals surface area contributed by atoms with Crippen molar-refractivity contribution >= 4 is 29.0 Å². The number of nitrogens with one attached hydrogen (secondary N) is 1. The van der Waals surface area contributed by atoms with Gasteiger partial charge in [0.25, 0.3) is 0 Å². The number of alkyl halides is 1. The standard InChI is InChI=1S/C13H16ClN3O/c1-13(2)11-8(7-16-12(13)18)4-3-5-9(11)17-10(15)6-14/h3-5H,6-7H2,1-2H3,(H2,15,17)(H,16,18). The molecule has 96 valence electrons. The van der Waals surface area contributed by atoms with Crippen molar-refractivity contribution in [2.45, 2.75) is 25.8 Å². The molecule has 5 heteroatoms. The van der Waals surface area contributed by atoms with Gasteiger partial charge in [0.05, 0.1) is 17.0 Å². The smallest absolute Gasteiger partial charge is 0.230 e. The van der Waals surface area contributed by atoms with Gasteiger partial charge in [-0.2, -0.15) is 0 Å². The van der Waals surface area contributed by atoms with Crippen molar-refractivity contribution in [1.82, 2.24) is 5.32 Å². The molecule has 0 saturated heterocycles. The van der Waals surface area contributed by atoms with Crippen LogP contribution in [0.4, 0.5) is 5.69 Å². The first-order valence-electron chi connectivity index (χ1n) is 5.76. The van der Waals surface area contributed by atoms with Crippen LogP contribution in [-0.2, 0) is 16.8 Å². The van der Waals surface area contributed by atoms with Crippen molar-refractivity contribution in [3.8, 4) is 0 Å². The summed E-state index contributed by atoms with van der Waals surface area (Å²) in [5.41, 5.74) is 7.80. The van der Waals surface area contributed by atoms with E-state index in [1.165, 1.54) is 0 Å². The zero-order valence-electron chi connectivity index (χ0n) is 10.5. The molecule has 1 aromatic carbocycles. The molecule has 0 aliphatic carbocycles. The summed E-state index contributed by atoms with van der Waals surface area (Å²) in [7, 11) is 0. The molecule has 1 aromatic rings. The summed E-state index contributed by atoms with van der Waals surface area (Å²) in [6.45, 7) is 4.30. The highest BCUT2D eigenvalue weighted by atomic mass is 35.5. The Kier molecular flexibility index (Phi) is 3.30. The fourth-order valence-electron chi connectivity index (χ4n) is 2.24. The Labute approximate surface area is 111 Å². The third kappa shape index (κ3) is 2.08. The molecule has 18 heavy (non-hydrogen) atoms. The van der Waals surface area contributed by atoms with Gasteiger partial charge in [-0.15, -0.1) is 11.6 Å². The monoisotopic (exact) mass is 265 g/mol. The molecule has 1 heterocycles. The summed E-state index contributed by atoms with van der Waals surface area (Å²) in [6, 6.07) is 5.76. The Balaban J connectivity index is 2.62. The molecule has 0 bridgehead atoms. The van der Waals surface area contributed by atoms with Crippen molar-refractivity contribution in [3.05, 3.63) is 29.3 Å². The summed E-state index contributed by atoms with van der Waals surface area (Å²) in [6.07, 6.45) is 0. The number of hydrogen-bond donors (Lipinski definition) is 2. The van der Waals surface area contributed by atoms with E-state index in [0.717, 1.165) is 16.8 Å². The third-order valence-electron chi connectivity index (χ3n) is 3.16. The molecule has 0 unspecified atom stereocenters. The Bertz CT molecular complexity index is 523. The molecule has 0 spiro atoms. The predicted octanol–water partition coefficient (Wildman–Crippen LogP) is 1.82. The minimum absolute atomic E-state index is 0.00194. The number of benzene rings is 1. The van der Waals surface area contributed by atoms with E-state index in [9.17, 15) is 4.79 Å². The summed E-state index contributed by atoms with van der Waals surface area (Å²) in [5, 5.41) is 2.88. The SMILES string of the molecule is CC1(C)C(=O)NCc2cccc(N=C(N)CCl)c21. The van der Waals surface area contributed by atoms with Crippen molar-refractivity contribution in [3.63, 3.8) is 0 Å². The van der Waals surface area contributed by atoms with E-state index in [1.807, 2.05) is 32.0 Å². The lowest BCUT2D eigenvalue weighted by molar-refractivity contribution is -0.126. The Morgan fingerprint density at radius 1 is 1.56 bits per heavy atom. The summed E-state index contributed by atoms with van der Waals surface area (Å²) in [4.78, 5) is 16.3. The summed E-state index contributed by atoms with van der Waals surface area (Å²) < 4.78 is 0. The minimum Gasteiger partial charge on any atom is -0.386 e. The fourth-order valence-corrected chi connectivity index (χ4v) is 2.30. The lowest BCUT2D eigenvalue weighted by Crippen LogP contribution is -2.44. The largest absolute Gasteiger partial charge is 0.386 e. The van der Waals surface area contributed by atoms with Crippen molar-refractivity contribution in [2.24, 2.45) is 10.7 Å². The lowest BCUT2D eigenvalue weighted by Gasteiger charge is -2.32. The van der Waals surface area contributed by atoms with Gasteiger partial charge >= 0.3 is 0 Å². The number of fused-ring (bicyclic) bond motifs is 1. The molecular weight excluding hydrogens is 250 g/mol. The molecule has 0 aromatic heterocycles. The number of rotatable bonds is 2. The van der Waals surface area contributed by atoms with E-state index in [4.69, 9.17) is 17.3 Å². The number of hydrogen-bond acceptors (Lipinski definition) is 2. The van der Waals surface area contributed by atoms with E-state index in [2.05, 4.69) is 10.3 Å². The number of halogens is 1. The summed E-state index contributed by atoms with van der Waals surface area (Å²) >= 11 is 5.65. The van der Waals surface area contributed by atoms with Crippen molar-refractivity contribution in [2.75, 3.05) is 5.88 Å². The van der Waals surface area contributed by atoms with E-state index >= 15 is 0 Å². The quantitative estimate of drug-likeness (QED) is 0.487. The van der Waals surface area contributed by atoms with E-state index in [1.54, 1.807) is 0 Å². The van der Waals surface area contributed by atoms with Gasteiger partial charge in [-0.05, 0) is 31.0 Å². The number of carbonyl (C=O) groups is 1. The minimum atomic E-state index is -0.611. The molecule has 4 nitrogen and oxygen atoms in total. The van der Waals surface area contributed by atoms with Gasteiger partial charge in [-0.25, -0.2) is 4.99 Å². The van der Waals surface area contributed by atoms with Gasteiger partial charge in [0.2, 0.25) is 5.91 Å². The number of nitrogens with zero attached hydrogens (tertiary/aromatic N) is 1. The molecule has 0 fully saturated rings. The van der Waals surface area contributed by atoms with Gasteiger partial charge in [-0.3, -0.25) is 4.79 Å². The number of amides is 1. The van der Waals surface area contributed by atoms with E-state index in [0.29, 0.717) is 12.4 Å². The molecule has 0 radical (unpaired) electrons. The second kappa shape index (κ2) is 4.61. The van der Waals surface area contributed by atoms with Crippen LogP contribution in [0.15, 0.2) is 23.2 Å². The van der Waals surface area contributed by atoms with Gasteiger partial charge in [-0.1, -0.05) is 12.1 Å². The van der Waals surface area contributed by atoms with Crippen LogP contribution in [0, 0.1) is 0 Å². The first-order valence-corrected chi connectivity index (χ1v) is 6.30. The highest BCUT2D eigenvalue weighted by Gasteiger charge is 2.37. The molecule has 0 atom stereocenters. The maximum Gasteiger partial charge on any atom is 0.230 e. The molecule has 0 saturated carbocycles. The van der Waals surface area contributed by atoms with Gasteiger partial charge in [0.1, 0.15) is 5.84 Å². The maximum absolute atomic E-state index is 12.0. The van der Waals surface area contributed by atoms with Crippen molar-refractivity contribution in [1.29, 1.82) is 0 Å². The van der Waals surface area contributed by atoms with Gasteiger partial charge in [0.15, 0.2) is 0 Å². The molecule has 1 aliphatic heterocycles. The molecule has 3 N–H and O–H groups in total. The number of aliphatic imine (C=N–C) groups is 1. The normalized spacial score (nSPS) is 18.2. The fraction of sp³-hybridized carbons (Fsp3) is 0.385. The first-order chi connectivity index (χ1) is 8.46. The van der Waals surface area contributed by atoms with E-state index in [-0.39, 0.29) is 11.8 Å². The summed E-state index contributed by atoms with van der Waals surface area (Å²) in [5.74, 6) is 0.532. The topological polar surface area (TPSA) is 67.5 Å². The first kappa shape index (κ1) is 12.9. The average molecular weight is 266 g/mol. The zero-order valence-corrected chi connectivity index (χ0v) is 11.2. The zero-order chi connectivity index (χ0) is 13.3. The highest BCUT2D eigenvalue weighted by molar-refractivity contribution is 6.28. The third-order valence-corrected chi connectivity index (χ3v) is 3.44. The Morgan fingerprint density at radius 2 is 2.28 bits per heavy atom. The maximum atomic E-state index is 12.0. The van der Waals surface area contributed by atoms with Crippen LogP contribution in [0.3, 0.4) is 0 Å². The molecule has 1 amide bonds. The van der Waals surface area contributed by atoms with Crippen molar-refractivity contribution < 1.29 is 4.79 Å². The van der Waals surface area contributed by atoms with Crippen LogP contribution < -0.4 is 11.1 Å². The van der Waals surface area contributed by atoms with Crippen LogP contribution in [-0.4, -0.2) is 17.6 Å². The molecule has 2 rings (SSSR count).